The summed E-state index contributed by atoms with van der Waals surface area (Å²) < 4.78 is 13.0. The van der Waals surface area contributed by atoms with E-state index < -0.39 is 11.7 Å². The standard InChI is InChI=1S/C8H4ClFN2O/c9-8-7(10)5(3-4-12-8)1-2-6(11)13/h3-4H,(H2,11,13). The van der Waals surface area contributed by atoms with Crippen molar-refractivity contribution in [3.63, 3.8) is 0 Å². The molecule has 1 aromatic heterocycles. The fourth-order valence-electron chi connectivity index (χ4n) is 0.644. The molecule has 66 valence electrons. The fourth-order valence-corrected chi connectivity index (χ4v) is 0.802. The third-order valence-electron chi connectivity index (χ3n) is 1.17. The van der Waals surface area contributed by atoms with Crippen molar-refractivity contribution in [2.24, 2.45) is 5.73 Å². The van der Waals surface area contributed by atoms with Crippen LogP contribution in [0.1, 0.15) is 5.56 Å². The summed E-state index contributed by atoms with van der Waals surface area (Å²) >= 11 is 5.36. The quantitative estimate of drug-likeness (QED) is 0.493. The van der Waals surface area contributed by atoms with Crippen molar-refractivity contribution in [3.05, 3.63) is 28.8 Å². The van der Waals surface area contributed by atoms with Crippen LogP contribution in [0.5, 0.6) is 0 Å². The second-order valence-corrected chi connectivity index (χ2v) is 2.44. The van der Waals surface area contributed by atoms with Gasteiger partial charge in [-0.3, -0.25) is 4.79 Å². The van der Waals surface area contributed by atoms with Crippen LogP contribution in [0.15, 0.2) is 12.3 Å². The van der Waals surface area contributed by atoms with Gasteiger partial charge < -0.3 is 5.73 Å². The van der Waals surface area contributed by atoms with Crippen LogP contribution in [-0.2, 0) is 4.79 Å². The van der Waals surface area contributed by atoms with E-state index in [1.54, 1.807) is 0 Å². The van der Waals surface area contributed by atoms with Gasteiger partial charge in [-0.15, -0.1) is 0 Å². The number of hydrogen-bond acceptors (Lipinski definition) is 2. The van der Waals surface area contributed by atoms with Crippen molar-refractivity contribution in [1.82, 2.24) is 4.98 Å². The number of primary amides is 1. The molecule has 1 aromatic rings. The Hall–Kier alpha value is -1.60. The van der Waals surface area contributed by atoms with Crippen LogP contribution in [0.2, 0.25) is 5.15 Å². The Morgan fingerprint density at radius 3 is 3.00 bits per heavy atom. The number of carbonyl (C=O) groups is 1. The molecular weight excluding hydrogens is 195 g/mol. The average Bonchev–Trinajstić information content (AvgIpc) is 2.07. The summed E-state index contributed by atoms with van der Waals surface area (Å²) in [5.41, 5.74) is 4.74. The van der Waals surface area contributed by atoms with Crippen LogP contribution in [0.3, 0.4) is 0 Å². The summed E-state index contributed by atoms with van der Waals surface area (Å²) in [5.74, 6) is 2.64. The van der Waals surface area contributed by atoms with Gasteiger partial charge in [-0.2, -0.15) is 0 Å². The van der Waals surface area contributed by atoms with Crippen LogP contribution in [0, 0.1) is 17.7 Å². The molecule has 0 aliphatic carbocycles. The molecule has 3 nitrogen and oxygen atoms in total. The summed E-state index contributed by atoms with van der Waals surface area (Å²) in [7, 11) is 0. The number of aromatic nitrogens is 1. The van der Waals surface area contributed by atoms with Gasteiger partial charge in [-0.1, -0.05) is 17.5 Å². The molecule has 5 heteroatoms. The Morgan fingerprint density at radius 1 is 1.69 bits per heavy atom. The molecule has 0 fully saturated rings. The van der Waals surface area contributed by atoms with Gasteiger partial charge in [0.1, 0.15) is 0 Å². The predicted molar refractivity (Wildman–Crippen MR) is 45.3 cm³/mol. The first-order chi connectivity index (χ1) is 6.11. The maximum atomic E-state index is 13.0. The van der Waals surface area contributed by atoms with Crippen molar-refractivity contribution in [2.75, 3.05) is 0 Å². The topological polar surface area (TPSA) is 56.0 Å². The number of carbonyl (C=O) groups excluding carboxylic acids is 1. The Morgan fingerprint density at radius 2 is 2.38 bits per heavy atom. The summed E-state index contributed by atoms with van der Waals surface area (Å²) in [5, 5.41) is -0.281. The van der Waals surface area contributed by atoms with Crippen molar-refractivity contribution < 1.29 is 9.18 Å². The first kappa shape index (κ1) is 9.49. The lowest BCUT2D eigenvalue weighted by Crippen LogP contribution is -2.06. The van der Waals surface area contributed by atoms with Gasteiger partial charge >= 0.3 is 0 Å². The normalized spacial score (nSPS) is 8.77. The summed E-state index contributed by atoms with van der Waals surface area (Å²) in [4.78, 5) is 13.7. The minimum absolute atomic E-state index is 0.00111. The third-order valence-corrected chi connectivity index (χ3v) is 1.43. The van der Waals surface area contributed by atoms with E-state index in [-0.39, 0.29) is 10.7 Å². The minimum atomic E-state index is -0.827. The molecule has 0 radical (unpaired) electrons. The Kier molecular flexibility index (Phi) is 2.83. The van der Waals surface area contributed by atoms with Crippen molar-refractivity contribution in [3.8, 4) is 11.8 Å². The van der Waals surface area contributed by atoms with Crippen LogP contribution in [0.4, 0.5) is 4.39 Å². The van der Waals surface area contributed by atoms with Gasteiger partial charge in [0.25, 0.3) is 5.91 Å². The van der Waals surface area contributed by atoms with Gasteiger partial charge in [0.05, 0.1) is 5.56 Å². The number of nitrogens with two attached hydrogens (primary N) is 1. The van der Waals surface area contributed by atoms with Crippen LogP contribution >= 0.6 is 11.6 Å². The second-order valence-electron chi connectivity index (χ2n) is 2.08. The highest BCUT2D eigenvalue weighted by Crippen LogP contribution is 2.13. The molecule has 2 N–H and O–H groups in total. The van der Waals surface area contributed by atoms with Crippen LogP contribution in [-0.4, -0.2) is 10.9 Å². The van der Waals surface area contributed by atoms with Crippen molar-refractivity contribution >= 4 is 17.5 Å². The molecule has 0 saturated carbocycles. The SMILES string of the molecule is NC(=O)C#Cc1ccnc(Cl)c1F. The number of rotatable bonds is 0. The number of pyridine rings is 1. The van der Waals surface area contributed by atoms with Gasteiger partial charge in [0.2, 0.25) is 0 Å². The molecule has 0 unspecified atom stereocenters. The van der Waals surface area contributed by atoms with Gasteiger partial charge in [0.15, 0.2) is 11.0 Å². The molecule has 1 rings (SSSR count). The fraction of sp³-hybridized carbons (Fsp3) is 0. The van der Waals surface area contributed by atoms with Crippen LogP contribution < -0.4 is 5.73 Å². The number of amides is 1. The summed E-state index contributed by atoms with van der Waals surface area (Å²) in [6.07, 6.45) is 1.29. The zero-order chi connectivity index (χ0) is 9.84. The lowest BCUT2D eigenvalue weighted by atomic mass is 10.2. The maximum absolute atomic E-state index is 13.0. The highest BCUT2D eigenvalue weighted by atomic mass is 35.5. The van der Waals surface area contributed by atoms with E-state index in [0.29, 0.717) is 0 Å². The summed E-state index contributed by atoms with van der Waals surface area (Å²) in [6, 6.07) is 1.30. The van der Waals surface area contributed by atoms with E-state index in [4.69, 9.17) is 17.3 Å². The van der Waals surface area contributed by atoms with Crippen molar-refractivity contribution in [1.29, 1.82) is 0 Å². The first-order valence-corrected chi connectivity index (χ1v) is 3.60. The second kappa shape index (κ2) is 3.87. The molecule has 1 amide bonds. The third kappa shape index (κ3) is 2.42. The molecule has 0 atom stereocenters. The Labute approximate surface area is 78.7 Å². The highest BCUT2D eigenvalue weighted by Gasteiger charge is 2.04. The molecule has 1 heterocycles. The smallest absolute Gasteiger partial charge is 0.293 e. The van der Waals surface area contributed by atoms with Gasteiger partial charge in [0, 0.05) is 12.1 Å². The van der Waals surface area contributed by atoms with E-state index in [9.17, 15) is 9.18 Å². The number of halogens is 2. The molecular formula is C8H4ClFN2O. The molecule has 13 heavy (non-hydrogen) atoms. The highest BCUT2D eigenvalue weighted by molar-refractivity contribution is 6.29. The van der Waals surface area contributed by atoms with Crippen molar-refractivity contribution in [2.45, 2.75) is 0 Å². The lowest BCUT2D eigenvalue weighted by Gasteiger charge is -1.93. The van der Waals surface area contributed by atoms with Crippen LogP contribution in [0.25, 0.3) is 0 Å². The maximum Gasteiger partial charge on any atom is 0.293 e. The minimum Gasteiger partial charge on any atom is -0.359 e. The lowest BCUT2D eigenvalue weighted by molar-refractivity contribution is -0.112. The summed E-state index contributed by atoms with van der Waals surface area (Å²) in [6.45, 7) is 0. The van der Waals surface area contributed by atoms with E-state index in [2.05, 4.69) is 10.9 Å². The molecule has 0 aliphatic heterocycles. The molecule has 0 spiro atoms. The average molecular weight is 199 g/mol. The molecule has 0 saturated heterocycles. The van der Waals surface area contributed by atoms with E-state index in [1.165, 1.54) is 12.3 Å². The Balaban J connectivity index is 3.11. The zero-order valence-electron chi connectivity index (χ0n) is 6.34. The van der Waals surface area contributed by atoms with Gasteiger partial charge in [-0.25, -0.2) is 9.37 Å². The largest absolute Gasteiger partial charge is 0.359 e. The monoisotopic (exact) mass is 198 g/mol. The predicted octanol–water partition coefficient (Wildman–Crippen LogP) is 0.711. The number of hydrogen-bond donors (Lipinski definition) is 1. The number of nitrogens with zero attached hydrogens (tertiary/aromatic N) is 1. The molecule has 0 aromatic carbocycles. The van der Waals surface area contributed by atoms with Gasteiger partial charge in [-0.05, 0) is 6.07 Å². The molecule has 0 aliphatic rings. The van der Waals surface area contributed by atoms with E-state index in [0.717, 1.165) is 0 Å². The zero-order valence-corrected chi connectivity index (χ0v) is 7.10. The van der Waals surface area contributed by atoms with E-state index in [1.807, 2.05) is 5.92 Å². The first-order valence-electron chi connectivity index (χ1n) is 3.22. The van der Waals surface area contributed by atoms with E-state index >= 15 is 0 Å². The Bertz CT molecular complexity index is 408. The molecule has 0 bridgehead atoms.